The van der Waals surface area contributed by atoms with Gasteiger partial charge in [0.05, 0.1) is 10.2 Å². The number of para-hydroxylation sites is 1. The quantitative estimate of drug-likeness (QED) is 0.500. The summed E-state index contributed by atoms with van der Waals surface area (Å²) in [7, 11) is 4.10. The summed E-state index contributed by atoms with van der Waals surface area (Å²) in [6.07, 6.45) is 3.28. The zero-order valence-electron chi connectivity index (χ0n) is 20.6. The molecule has 2 heterocycles. The Kier molecular flexibility index (Phi) is 6.75. The molecule has 8 heteroatoms. The van der Waals surface area contributed by atoms with Gasteiger partial charge in [-0.05, 0) is 82.1 Å². The number of likely N-dealkylation sites (N-methyl/N-ethyl adjacent to an activating group) is 1. The number of nitrogens with zero attached hydrogens (tertiary/aromatic N) is 3. The van der Waals surface area contributed by atoms with Crippen molar-refractivity contribution in [2.75, 3.05) is 37.8 Å². The molecule has 2 aliphatic rings. The maximum atomic E-state index is 13.3. The lowest BCUT2D eigenvalue weighted by atomic mass is 9.85. The first-order chi connectivity index (χ1) is 16.9. The molecule has 0 unspecified atom stereocenters. The maximum Gasteiger partial charge on any atom is 0.254 e. The van der Waals surface area contributed by atoms with E-state index in [-0.39, 0.29) is 23.8 Å². The SMILES string of the molecule is Cc1cc(NCCN(C)C)cc2c1CN(C1CCC(C(=O)Nc3nc4ccccc4s3)CC1)C2=O. The number of benzene rings is 2. The molecular formula is C27H33N5O2S. The first-order valence-electron chi connectivity index (χ1n) is 12.4. The smallest absolute Gasteiger partial charge is 0.254 e. The largest absolute Gasteiger partial charge is 0.384 e. The molecule has 184 valence electrons. The minimum Gasteiger partial charge on any atom is -0.384 e. The van der Waals surface area contributed by atoms with Crippen LogP contribution in [-0.2, 0) is 11.3 Å². The minimum atomic E-state index is -0.0346. The van der Waals surface area contributed by atoms with Crippen LogP contribution in [0, 0.1) is 12.8 Å². The Morgan fingerprint density at radius 1 is 1.17 bits per heavy atom. The third-order valence-corrected chi connectivity index (χ3v) is 8.16. The number of rotatable bonds is 7. The standard InChI is InChI=1S/C27H33N5O2S/c1-17-14-19(28-12-13-31(2)3)15-21-22(17)16-32(26(21)34)20-10-8-18(9-11-20)25(33)30-27-29-23-6-4-5-7-24(23)35-27/h4-7,14-15,18,20,28H,8-13,16H2,1-3H3,(H,29,30,33). The van der Waals surface area contributed by atoms with Crippen molar-refractivity contribution in [3.8, 4) is 0 Å². The minimum absolute atomic E-state index is 0.0346. The molecule has 2 amide bonds. The van der Waals surface area contributed by atoms with E-state index in [2.05, 4.69) is 47.6 Å². The van der Waals surface area contributed by atoms with Gasteiger partial charge in [-0.2, -0.15) is 0 Å². The Hall–Kier alpha value is -2.97. The van der Waals surface area contributed by atoms with E-state index in [4.69, 9.17) is 0 Å². The Balaban J connectivity index is 1.18. The van der Waals surface area contributed by atoms with Crippen molar-refractivity contribution in [3.05, 3.63) is 53.1 Å². The molecule has 1 aliphatic heterocycles. The van der Waals surface area contributed by atoms with Gasteiger partial charge in [-0.1, -0.05) is 23.5 Å². The molecule has 2 aromatic carbocycles. The van der Waals surface area contributed by atoms with Gasteiger partial charge in [0.2, 0.25) is 5.91 Å². The van der Waals surface area contributed by atoms with Crippen LogP contribution >= 0.6 is 11.3 Å². The monoisotopic (exact) mass is 491 g/mol. The summed E-state index contributed by atoms with van der Waals surface area (Å²) >= 11 is 1.51. The highest BCUT2D eigenvalue weighted by molar-refractivity contribution is 7.22. The number of aryl methyl sites for hydroxylation is 1. The molecule has 1 saturated carbocycles. The summed E-state index contributed by atoms with van der Waals surface area (Å²) in [6, 6.07) is 12.3. The van der Waals surface area contributed by atoms with E-state index in [1.165, 1.54) is 11.3 Å². The average Bonchev–Trinajstić information content (AvgIpc) is 3.40. The van der Waals surface area contributed by atoms with Crippen molar-refractivity contribution in [3.63, 3.8) is 0 Å². The average molecular weight is 492 g/mol. The number of aromatic nitrogens is 1. The van der Waals surface area contributed by atoms with E-state index in [0.29, 0.717) is 11.7 Å². The number of carbonyl (C=O) groups excluding carboxylic acids is 2. The predicted molar refractivity (Wildman–Crippen MR) is 142 cm³/mol. The molecule has 1 aromatic heterocycles. The number of hydrogen-bond acceptors (Lipinski definition) is 6. The van der Waals surface area contributed by atoms with Crippen molar-refractivity contribution in [2.45, 2.75) is 45.2 Å². The van der Waals surface area contributed by atoms with Crippen LogP contribution in [0.15, 0.2) is 36.4 Å². The predicted octanol–water partition coefficient (Wildman–Crippen LogP) is 4.73. The molecule has 3 aromatic rings. The molecule has 0 radical (unpaired) electrons. The van der Waals surface area contributed by atoms with Crippen LogP contribution in [0.2, 0.25) is 0 Å². The van der Waals surface area contributed by atoms with E-state index in [9.17, 15) is 9.59 Å². The van der Waals surface area contributed by atoms with E-state index in [1.807, 2.05) is 35.2 Å². The Labute approximate surface area is 210 Å². The Bertz CT molecular complexity index is 1210. The fourth-order valence-corrected chi connectivity index (χ4v) is 6.09. The highest BCUT2D eigenvalue weighted by atomic mass is 32.1. The molecule has 5 rings (SSSR count). The molecule has 0 spiro atoms. The maximum absolute atomic E-state index is 13.3. The second-order valence-electron chi connectivity index (χ2n) is 9.96. The molecule has 1 aliphatic carbocycles. The fraction of sp³-hybridized carbons (Fsp3) is 0.444. The third kappa shape index (κ3) is 5.04. The van der Waals surface area contributed by atoms with Gasteiger partial charge in [0, 0.05) is 42.8 Å². The van der Waals surface area contributed by atoms with Crippen LogP contribution in [0.4, 0.5) is 10.8 Å². The molecule has 2 N–H and O–H groups in total. The summed E-state index contributed by atoms with van der Waals surface area (Å²) in [5.41, 5.74) is 5.05. The first-order valence-corrected chi connectivity index (χ1v) is 13.2. The highest BCUT2D eigenvalue weighted by Crippen LogP contribution is 2.36. The lowest BCUT2D eigenvalue weighted by Crippen LogP contribution is -2.40. The van der Waals surface area contributed by atoms with E-state index in [1.54, 1.807) is 0 Å². The second kappa shape index (κ2) is 9.95. The van der Waals surface area contributed by atoms with Crippen molar-refractivity contribution < 1.29 is 9.59 Å². The lowest BCUT2D eigenvalue weighted by Gasteiger charge is -2.34. The normalized spacial score (nSPS) is 19.9. The van der Waals surface area contributed by atoms with Crippen LogP contribution < -0.4 is 10.6 Å². The van der Waals surface area contributed by atoms with Gasteiger partial charge in [0.25, 0.3) is 5.91 Å². The summed E-state index contributed by atoms with van der Waals surface area (Å²) in [6.45, 7) is 4.54. The fourth-order valence-electron chi connectivity index (χ4n) is 5.22. The molecule has 1 fully saturated rings. The molecule has 0 bridgehead atoms. The van der Waals surface area contributed by atoms with E-state index in [0.717, 1.165) is 71.4 Å². The summed E-state index contributed by atoms with van der Waals surface area (Å²) < 4.78 is 1.07. The van der Waals surface area contributed by atoms with Crippen LogP contribution in [0.3, 0.4) is 0 Å². The van der Waals surface area contributed by atoms with Crippen molar-refractivity contribution in [2.24, 2.45) is 5.92 Å². The second-order valence-corrected chi connectivity index (χ2v) is 11.0. The van der Waals surface area contributed by atoms with E-state index < -0.39 is 0 Å². The summed E-state index contributed by atoms with van der Waals surface area (Å²) in [4.78, 5) is 34.9. The Morgan fingerprint density at radius 3 is 2.69 bits per heavy atom. The molecule has 35 heavy (non-hydrogen) atoms. The van der Waals surface area contributed by atoms with Crippen molar-refractivity contribution in [1.82, 2.24) is 14.8 Å². The number of fused-ring (bicyclic) bond motifs is 2. The number of hydrogen-bond donors (Lipinski definition) is 2. The Morgan fingerprint density at radius 2 is 1.94 bits per heavy atom. The van der Waals surface area contributed by atoms with Gasteiger partial charge in [0.1, 0.15) is 0 Å². The van der Waals surface area contributed by atoms with Gasteiger partial charge in [-0.15, -0.1) is 0 Å². The summed E-state index contributed by atoms with van der Waals surface area (Å²) in [5, 5.41) is 7.13. The van der Waals surface area contributed by atoms with Gasteiger partial charge >= 0.3 is 0 Å². The zero-order chi connectivity index (χ0) is 24.5. The van der Waals surface area contributed by atoms with Crippen LogP contribution in [-0.4, -0.2) is 59.8 Å². The number of amides is 2. The lowest BCUT2D eigenvalue weighted by molar-refractivity contribution is -0.121. The number of carbonyl (C=O) groups is 2. The van der Waals surface area contributed by atoms with Crippen molar-refractivity contribution in [1.29, 1.82) is 0 Å². The number of nitrogens with one attached hydrogen (secondary N) is 2. The van der Waals surface area contributed by atoms with Gasteiger partial charge in [-0.3, -0.25) is 9.59 Å². The van der Waals surface area contributed by atoms with E-state index >= 15 is 0 Å². The van der Waals surface area contributed by atoms with Crippen LogP contribution in [0.1, 0.15) is 47.2 Å². The summed E-state index contributed by atoms with van der Waals surface area (Å²) in [5.74, 6) is 0.136. The molecule has 0 saturated heterocycles. The first kappa shape index (κ1) is 23.8. The van der Waals surface area contributed by atoms with Gasteiger partial charge < -0.3 is 20.4 Å². The zero-order valence-corrected chi connectivity index (χ0v) is 21.5. The van der Waals surface area contributed by atoms with Crippen LogP contribution in [0.5, 0.6) is 0 Å². The number of anilines is 2. The van der Waals surface area contributed by atoms with Crippen molar-refractivity contribution >= 4 is 44.2 Å². The number of thiazole rings is 1. The van der Waals surface area contributed by atoms with Crippen LogP contribution in [0.25, 0.3) is 10.2 Å². The highest BCUT2D eigenvalue weighted by Gasteiger charge is 2.37. The topological polar surface area (TPSA) is 77.6 Å². The molecular weight excluding hydrogens is 458 g/mol. The van der Waals surface area contributed by atoms with Gasteiger partial charge in [-0.25, -0.2) is 4.98 Å². The molecule has 0 atom stereocenters. The molecule has 7 nitrogen and oxygen atoms in total. The third-order valence-electron chi connectivity index (χ3n) is 7.21. The van der Waals surface area contributed by atoms with Gasteiger partial charge in [0.15, 0.2) is 5.13 Å².